The van der Waals surface area contributed by atoms with Gasteiger partial charge in [0.1, 0.15) is 5.82 Å². The smallest absolute Gasteiger partial charge is 0.237 e. The van der Waals surface area contributed by atoms with Gasteiger partial charge in [0.05, 0.1) is 6.04 Å². The molecule has 0 bridgehead atoms. The second kappa shape index (κ2) is 13.2. The van der Waals surface area contributed by atoms with E-state index in [9.17, 15) is 9.18 Å². The standard InChI is InChI=1S/C24H33ClFN3O/c1-2-3-4-16-29(17-14-25)22-11-7-20(8-12-22)18-23(27)24(30)28-15-13-19-5-9-21(26)10-6-19/h5-12,23H,2-4,13-18,27H2,1H3,(H,28,30)/t23-/m0/s1. The molecule has 0 aliphatic rings. The molecule has 0 aliphatic carbocycles. The number of nitrogens with two attached hydrogens (primary N) is 1. The lowest BCUT2D eigenvalue weighted by Gasteiger charge is -2.24. The number of amides is 1. The fourth-order valence-electron chi connectivity index (χ4n) is 3.33. The van der Waals surface area contributed by atoms with Crippen LogP contribution in [0.5, 0.6) is 0 Å². The zero-order valence-corrected chi connectivity index (χ0v) is 18.5. The molecule has 4 nitrogen and oxygen atoms in total. The summed E-state index contributed by atoms with van der Waals surface area (Å²) in [6.07, 6.45) is 4.67. The lowest BCUT2D eigenvalue weighted by Crippen LogP contribution is -2.42. The molecule has 0 aromatic heterocycles. The SMILES string of the molecule is CCCCCN(CCCl)c1ccc(C[C@H](N)C(=O)NCCc2ccc(F)cc2)cc1. The topological polar surface area (TPSA) is 58.4 Å². The molecule has 6 heteroatoms. The van der Waals surface area contributed by atoms with Crippen LogP contribution >= 0.6 is 11.6 Å². The first-order valence-electron chi connectivity index (χ1n) is 10.7. The van der Waals surface area contributed by atoms with E-state index in [1.165, 1.54) is 25.0 Å². The molecule has 0 unspecified atom stereocenters. The maximum atomic E-state index is 12.9. The lowest BCUT2D eigenvalue weighted by molar-refractivity contribution is -0.122. The van der Waals surface area contributed by atoms with Crippen LogP contribution < -0.4 is 16.0 Å². The van der Waals surface area contributed by atoms with E-state index in [1.807, 2.05) is 12.1 Å². The molecular formula is C24H33ClFN3O. The Morgan fingerprint density at radius 3 is 2.37 bits per heavy atom. The number of rotatable bonds is 13. The molecule has 2 aromatic carbocycles. The molecule has 2 aromatic rings. The molecule has 3 N–H and O–H groups in total. The fourth-order valence-corrected chi connectivity index (χ4v) is 3.53. The number of carbonyl (C=O) groups is 1. The Balaban J connectivity index is 1.81. The Labute approximate surface area is 184 Å². The molecule has 0 radical (unpaired) electrons. The molecule has 30 heavy (non-hydrogen) atoms. The number of nitrogens with zero attached hydrogens (tertiary/aromatic N) is 1. The first-order valence-corrected chi connectivity index (χ1v) is 11.2. The largest absolute Gasteiger partial charge is 0.370 e. The summed E-state index contributed by atoms with van der Waals surface area (Å²) in [5, 5.41) is 2.86. The van der Waals surface area contributed by atoms with E-state index in [2.05, 4.69) is 29.3 Å². The summed E-state index contributed by atoms with van der Waals surface area (Å²) < 4.78 is 12.9. The average Bonchev–Trinajstić information content (AvgIpc) is 2.75. The summed E-state index contributed by atoms with van der Waals surface area (Å²) in [4.78, 5) is 14.6. The lowest BCUT2D eigenvalue weighted by atomic mass is 10.0. The summed E-state index contributed by atoms with van der Waals surface area (Å²) >= 11 is 5.96. The van der Waals surface area contributed by atoms with E-state index in [1.54, 1.807) is 12.1 Å². The van der Waals surface area contributed by atoms with Gasteiger partial charge in [-0.15, -0.1) is 11.6 Å². The van der Waals surface area contributed by atoms with Gasteiger partial charge >= 0.3 is 0 Å². The Kier molecular flexibility index (Phi) is 10.7. The van der Waals surface area contributed by atoms with Gasteiger partial charge in [-0.1, -0.05) is 44.0 Å². The summed E-state index contributed by atoms with van der Waals surface area (Å²) in [6, 6.07) is 13.9. The summed E-state index contributed by atoms with van der Waals surface area (Å²) in [5.41, 5.74) is 9.23. The Hall–Kier alpha value is -2.11. The predicted molar refractivity (Wildman–Crippen MR) is 124 cm³/mol. The number of halogens is 2. The minimum atomic E-state index is -0.604. The van der Waals surface area contributed by atoms with Gasteiger partial charge in [-0.3, -0.25) is 4.79 Å². The van der Waals surface area contributed by atoms with E-state index in [4.69, 9.17) is 17.3 Å². The molecule has 0 spiro atoms. The Morgan fingerprint density at radius 1 is 1.07 bits per heavy atom. The Morgan fingerprint density at radius 2 is 1.73 bits per heavy atom. The highest BCUT2D eigenvalue weighted by molar-refractivity contribution is 6.18. The number of benzene rings is 2. The molecule has 1 amide bonds. The van der Waals surface area contributed by atoms with E-state index in [0.717, 1.165) is 36.3 Å². The van der Waals surface area contributed by atoms with Gasteiger partial charge in [-0.25, -0.2) is 4.39 Å². The molecule has 1 atom stereocenters. The highest BCUT2D eigenvalue weighted by atomic mass is 35.5. The van der Waals surface area contributed by atoms with Crippen LogP contribution in [0.1, 0.15) is 37.3 Å². The first-order chi connectivity index (χ1) is 14.5. The third-order valence-electron chi connectivity index (χ3n) is 5.11. The quantitative estimate of drug-likeness (QED) is 0.366. The second-order valence-electron chi connectivity index (χ2n) is 7.53. The van der Waals surface area contributed by atoms with Crippen molar-refractivity contribution in [2.45, 2.75) is 45.1 Å². The third-order valence-corrected chi connectivity index (χ3v) is 5.28. The van der Waals surface area contributed by atoms with E-state index < -0.39 is 6.04 Å². The average molecular weight is 434 g/mol. The van der Waals surface area contributed by atoms with Gasteiger partial charge in [0.15, 0.2) is 0 Å². The molecule has 164 valence electrons. The third kappa shape index (κ3) is 8.33. The van der Waals surface area contributed by atoms with Crippen molar-refractivity contribution in [3.63, 3.8) is 0 Å². The van der Waals surface area contributed by atoms with Crippen molar-refractivity contribution in [1.82, 2.24) is 5.32 Å². The van der Waals surface area contributed by atoms with Gasteiger partial charge in [0, 0.05) is 31.2 Å². The van der Waals surface area contributed by atoms with Crippen LogP contribution in [0.3, 0.4) is 0 Å². The van der Waals surface area contributed by atoms with Crippen LogP contribution in [0.15, 0.2) is 48.5 Å². The molecule has 0 heterocycles. The minimum Gasteiger partial charge on any atom is -0.370 e. The van der Waals surface area contributed by atoms with Crippen LogP contribution in [0.2, 0.25) is 0 Å². The van der Waals surface area contributed by atoms with Crippen LogP contribution in [0.25, 0.3) is 0 Å². The van der Waals surface area contributed by atoms with E-state index in [-0.39, 0.29) is 11.7 Å². The zero-order valence-electron chi connectivity index (χ0n) is 17.7. The van der Waals surface area contributed by atoms with Gasteiger partial charge in [0.2, 0.25) is 5.91 Å². The normalized spacial score (nSPS) is 11.9. The van der Waals surface area contributed by atoms with E-state index >= 15 is 0 Å². The molecular weight excluding hydrogens is 401 g/mol. The monoisotopic (exact) mass is 433 g/mol. The number of hydrogen-bond donors (Lipinski definition) is 2. The van der Waals surface area contributed by atoms with Gasteiger partial charge in [0.25, 0.3) is 0 Å². The van der Waals surface area contributed by atoms with Crippen molar-refractivity contribution in [2.75, 3.05) is 30.4 Å². The van der Waals surface area contributed by atoms with Gasteiger partial charge in [-0.05, 0) is 54.7 Å². The number of hydrogen-bond acceptors (Lipinski definition) is 3. The van der Waals surface area contributed by atoms with Crippen LogP contribution in [-0.4, -0.2) is 37.5 Å². The fraction of sp³-hybridized carbons (Fsp3) is 0.458. The first kappa shape index (κ1) is 24.2. The number of carbonyl (C=O) groups excluding carboxylic acids is 1. The maximum Gasteiger partial charge on any atom is 0.237 e. The highest BCUT2D eigenvalue weighted by Crippen LogP contribution is 2.17. The van der Waals surface area contributed by atoms with Crippen molar-refractivity contribution in [3.05, 3.63) is 65.5 Å². The summed E-state index contributed by atoms with van der Waals surface area (Å²) in [7, 11) is 0. The van der Waals surface area contributed by atoms with Crippen molar-refractivity contribution < 1.29 is 9.18 Å². The van der Waals surface area contributed by atoms with Gasteiger partial charge in [-0.2, -0.15) is 0 Å². The zero-order chi connectivity index (χ0) is 21.8. The second-order valence-corrected chi connectivity index (χ2v) is 7.91. The molecule has 2 rings (SSSR count). The number of unbranched alkanes of at least 4 members (excludes halogenated alkanes) is 2. The summed E-state index contributed by atoms with van der Waals surface area (Å²) in [5.74, 6) is 0.156. The number of alkyl halides is 1. The molecule has 0 aliphatic heterocycles. The maximum absolute atomic E-state index is 12.9. The van der Waals surface area contributed by atoms with Crippen LogP contribution in [0, 0.1) is 5.82 Å². The van der Waals surface area contributed by atoms with Crippen molar-refractivity contribution >= 4 is 23.2 Å². The molecule has 0 saturated heterocycles. The molecule has 0 saturated carbocycles. The number of anilines is 1. The molecule has 0 fully saturated rings. The van der Waals surface area contributed by atoms with Crippen molar-refractivity contribution in [2.24, 2.45) is 5.73 Å². The highest BCUT2D eigenvalue weighted by Gasteiger charge is 2.14. The van der Waals surface area contributed by atoms with Crippen molar-refractivity contribution in [3.8, 4) is 0 Å². The minimum absolute atomic E-state index is 0.176. The van der Waals surface area contributed by atoms with Crippen LogP contribution in [0.4, 0.5) is 10.1 Å². The van der Waals surface area contributed by atoms with Crippen molar-refractivity contribution in [1.29, 1.82) is 0 Å². The Bertz CT molecular complexity index is 752. The van der Waals surface area contributed by atoms with Gasteiger partial charge < -0.3 is 16.0 Å². The van der Waals surface area contributed by atoms with E-state index in [0.29, 0.717) is 25.3 Å². The predicted octanol–water partition coefficient (Wildman–Crippen LogP) is 4.29. The summed E-state index contributed by atoms with van der Waals surface area (Å²) in [6.45, 7) is 4.49. The van der Waals surface area contributed by atoms with Crippen LogP contribution in [-0.2, 0) is 17.6 Å². The number of nitrogens with one attached hydrogen (secondary N) is 1.